The molecule has 1 N–H and O–H groups in total. The molecule has 0 bridgehead atoms. The molecule has 0 saturated heterocycles. The molecular formula is C10H9ClN2. The van der Waals surface area contributed by atoms with Crippen LogP contribution in [0.25, 0.3) is 11.0 Å². The van der Waals surface area contributed by atoms with E-state index < -0.39 is 0 Å². The van der Waals surface area contributed by atoms with Gasteiger partial charge in [0.25, 0.3) is 0 Å². The first-order valence-corrected chi connectivity index (χ1v) is 4.85. The van der Waals surface area contributed by atoms with Crippen molar-refractivity contribution in [1.29, 1.82) is 0 Å². The van der Waals surface area contributed by atoms with E-state index in [1.807, 2.05) is 6.07 Å². The molecule has 0 atom stereocenters. The van der Waals surface area contributed by atoms with Crippen molar-refractivity contribution in [2.75, 3.05) is 0 Å². The number of aromatic nitrogens is 2. The average Bonchev–Trinajstić information content (AvgIpc) is 2.87. The van der Waals surface area contributed by atoms with Crippen molar-refractivity contribution >= 4 is 22.6 Å². The van der Waals surface area contributed by atoms with Crippen LogP contribution < -0.4 is 0 Å². The van der Waals surface area contributed by atoms with Gasteiger partial charge >= 0.3 is 0 Å². The third-order valence-electron chi connectivity index (χ3n) is 2.51. The van der Waals surface area contributed by atoms with Crippen LogP contribution in [0, 0.1) is 0 Å². The van der Waals surface area contributed by atoms with Crippen LogP contribution in [0.2, 0.25) is 5.02 Å². The minimum absolute atomic E-state index is 0.727. The Bertz CT molecular complexity index is 457. The molecule has 1 aliphatic carbocycles. The number of nitrogens with zero attached hydrogens (tertiary/aromatic N) is 1. The molecule has 1 aliphatic rings. The number of hydrogen-bond acceptors (Lipinski definition) is 1. The molecule has 0 amide bonds. The molecule has 0 spiro atoms. The highest BCUT2D eigenvalue weighted by atomic mass is 35.5. The van der Waals surface area contributed by atoms with E-state index in [1.54, 1.807) is 6.20 Å². The molecule has 0 aliphatic heterocycles. The number of nitrogens with one attached hydrogen (secondary N) is 1. The van der Waals surface area contributed by atoms with Gasteiger partial charge in [-0.25, -0.2) is 0 Å². The van der Waals surface area contributed by atoms with Crippen molar-refractivity contribution in [2.45, 2.75) is 18.8 Å². The third kappa shape index (κ3) is 1.13. The zero-order chi connectivity index (χ0) is 8.84. The smallest absolute Gasteiger partial charge is 0.0897 e. The predicted octanol–water partition coefficient (Wildman–Crippen LogP) is 3.09. The SMILES string of the molecule is Clc1ccnc2cc(C3CC3)[nH]c12. The van der Waals surface area contributed by atoms with Crippen molar-refractivity contribution in [3.8, 4) is 0 Å². The Morgan fingerprint density at radius 2 is 2.31 bits per heavy atom. The van der Waals surface area contributed by atoms with Crippen molar-refractivity contribution in [3.05, 3.63) is 29.0 Å². The average molecular weight is 193 g/mol. The summed E-state index contributed by atoms with van der Waals surface area (Å²) >= 11 is 6.02. The van der Waals surface area contributed by atoms with E-state index >= 15 is 0 Å². The standard InChI is InChI=1S/C10H9ClN2/c11-7-3-4-12-9-5-8(6-1-2-6)13-10(7)9/h3-6,13H,1-2H2. The second-order valence-electron chi connectivity index (χ2n) is 3.55. The predicted molar refractivity (Wildman–Crippen MR) is 53.1 cm³/mol. The fraction of sp³-hybridized carbons (Fsp3) is 0.300. The molecule has 0 radical (unpaired) electrons. The maximum absolute atomic E-state index is 6.02. The van der Waals surface area contributed by atoms with Crippen LogP contribution in [-0.4, -0.2) is 9.97 Å². The van der Waals surface area contributed by atoms with E-state index in [0.717, 1.165) is 22.0 Å². The highest BCUT2D eigenvalue weighted by Gasteiger charge is 2.25. The summed E-state index contributed by atoms with van der Waals surface area (Å²) in [6.45, 7) is 0. The van der Waals surface area contributed by atoms with Crippen LogP contribution >= 0.6 is 11.6 Å². The maximum atomic E-state index is 6.02. The van der Waals surface area contributed by atoms with Gasteiger partial charge in [-0.2, -0.15) is 0 Å². The van der Waals surface area contributed by atoms with Gasteiger partial charge in [-0.15, -0.1) is 0 Å². The van der Waals surface area contributed by atoms with Crippen molar-refractivity contribution in [3.63, 3.8) is 0 Å². The first kappa shape index (κ1) is 7.39. The van der Waals surface area contributed by atoms with Gasteiger partial charge in [0, 0.05) is 11.9 Å². The molecule has 2 aromatic rings. The topological polar surface area (TPSA) is 28.7 Å². The van der Waals surface area contributed by atoms with E-state index in [9.17, 15) is 0 Å². The van der Waals surface area contributed by atoms with E-state index in [-0.39, 0.29) is 0 Å². The van der Waals surface area contributed by atoms with Gasteiger partial charge in [-0.3, -0.25) is 4.98 Å². The summed E-state index contributed by atoms with van der Waals surface area (Å²) < 4.78 is 0. The highest BCUT2D eigenvalue weighted by Crippen LogP contribution is 2.40. The number of H-pyrrole nitrogens is 1. The zero-order valence-electron chi connectivity index (χ0n) is 7.05. The van der Waals surface area contributed by atoms with E-state index in [2.05, 4.69) is 16.0 Å². The monoisotopic (exact) mass is 192 g/mol. The van der Waals surface area contributed by atoms with Gasteiger partial charge in [0.15, 0.2) is 0 Å². The number of halogens is 1. The Labute approximate surface area is 80.9 Å². The summed E-state index contributed by atoms with van der Waals surface area (Å²) in [7, 11) is 0. The van der Waals surface area contributed by atoms with Gasteiger partial charge in [0.2, 0.25) is 0 Å². The first-order chi connectivity index (χ1) is 6.34. The number of fused-ring (bicyclic) bond motifs is 1. The van der Waals surface area contributed by atoms with Crippen molar-refractivity contribution in [2.24, 2.45) is 0 Å². The second-order valence-corrected chi connectivity index (χ2v) is 3.96. The van der Waals surface area contributed by atoms with Gasteiger partial charge in [0.1, 0.15) is 0 Å². The summed E-state index contributed by atoms with van der Waals surface area (Å²) in [5, 5.41) is 0.761. The molecule has 1 saturated carbocycles. The molecule has 1 fully saturated rings. The summed E-state index contributed by atoms with van der Waals surface area (Å²) in [6, 6.07) is 3.93. The van der Waals surface area contributed by atoms with E-state index in [4.69, 9.17) is 11.6 Å². The van der Waals surface area contributed by atoms with Crippen LogP contribution in [0.15, 0.2) is 18.3 Å². The lowest BCUT2D eigenvalue weighted by Crippen LogP contribution is -1.76. The minimum atomic E-state index is 0.727. The first-order valence-electron chi connectivity index (χ1n) is 4.48. The molecule has 2 aromatic heterocycles. The summed E-state index contributed by atoms with van der Waals surface area (Å²) in [6.07, 6.45) is 4.34. The van der Waals surface area contributed by atoms with Gasteiger partial charge in [-0.1, -0.05) is 11.6 Å². The quantitative estimate of drug-likeness (QED) is 0.739. The number of hydrogen-bond donors (Lipinski definition) is 1. The Morgan fingerprint density at radius 3 is 3.00 bits per heavy atom. The zero-order valence-corrected chi connectivity index (χ0v) is 7.80. The highest BCUT2D eigenvalue weighted by molar-refractivity contribution is 6.34. The lowest BCUT2D eigenvalue weighted by molar-refractivity contribution is 1.06. The molecular weight excluding hydrogens is 184 g/mol. The Hall–Kier alpha value is -1.02. The fourth-order valence-corrected chi connectivity index (χ4v) is 1.83. The second kappa shape index (κ2) is 2.48. The number of rotatable bonds is 1. The summed E-state index contributed by atoms with van der Waals surface area (Å²) in [4.78, 5) is 7.59. The fourth-order valence-electron chi connectivity index (χ4n) is 1.63. The molecule has 3 heteroatoms. The molecule has 2 heterocycles. The molecule has 66 valence electrons. The summed E-state index contributed by atoms with van der Waals surface area (Å²) in [5.41, 5.74) is 3.25. The van der Waals surface area contributed by atoms with Crippen LogP contribution in [-0.2, 0) is 0 Å². The Kier molecular flexibility index (Phi) is 1.41. The van der Waals surface area contributed by atoms with Crippen LogP contribution in [0.3, 0.4) is 0 Å². The van der Waals surface area contributed by atoms with Crippen LogP contribution in [0.5, 0.6) is 0 Å². The minimum Gasteiger partial charge on any atom is -0.356 e. The largest absolute Gasteiger partial charge is 0.356 e. The molecule has 13 heavy (non-hydrogen) atoms. The molecule has 0 unspecified atom stereocenters. The Balaban J connectivity index is 2.26. The third-order valence-corrected chi connectivity index (χ3v) is 2.82. The van der Waals surface area contributed by atoms with E-state index in [1.165, 1.54) is 18.5 Å². The lowest BCUT2D eigenvalue weighted by atomic mass is 10.3. The van der Waals surface area contributed by atoms with E-state index in [0.29, 0.717) is 0 Å². The number of pyridine rings is 1. The normalized spacial score (nSPS) is 16.7. The lowest BCUT2D eigenvalue weighted by Gasteiger charge is -1.90. The van der Waals surface area contributed by atoms with Crippen LogP contribution in [0.1, 0.15) is 24.5 Å². The molecule has 0 aromatic carbocycles. The summed E-state index contributed by atoms with van der Waals surface area (Å²) in [5.74, 6) is 0.727. The Morgan fingerprint density at radius 1 is 1.46 bits per heavy atom. The maximum Gasteiger partial charge on any atom is 0.0897 e. The van der Waals surface area contributed by atoms with Gasteiger partial charge in [0.05, 0.1) is 16.1 Å². The molecule has 3 rings (SSSR count). The number of aromatic amines is 1. The van der Waals surface area contributed by atoms with Crippen molar-refractivity contribution < 1.29 is 0 Å². The van der Waals surface area contributed by atoms with Gasteiger partial charge < -0.3 is 4.98 Å². The molecule has 2 nitrogen and oxygen atoms in total. The van der Waals surface area contributed by atoms with Crippen LogP contribution in [0.4, 0.5) is 0 Å². The van der Waals surface area contributed by atoms with Crippen molar-refractivity contribution in [1.82, 2.24) is 9.97 Å². The van der Waals surface area contributed by atoms with Gasteiger partial charge in [-0.05, 0) is 30.9 Å².